The predicted octanol–water partition coefficient (Wildman–Crippen LogP) is 3.41. The van der Waals surface area contributed by atoms with Gasteiger partial charge in [0, 0.05) is 34.1 Å². The van der Waals surface area contributed by atoms with Gasteiger partial charge in [0.05, 0.1) is 11.2 Å². The van der Waals surface area contributed by atoms with E-state index in [1.165, 1.54) is 15.4 Å². The van der Waals surface area contributed by atoms with Gasteiger partial charge in [0.25, 0.3) is 0 Å². The Morgan fingerprint density at radius 1 is 1.44 bits per heavy atom. The van der Waals surface area contributed by atoms with E-state index in [2.05, 4.69) is 41.7 Å². The maximum atomic E-state index is 4.27. The molecule has 0 saturated carbocycles. The summed E-state index contributed by atoms with van der Waals surface area (Å²) in [7, 11) is 0. The van der Waals surface area contributed by atoms with Crippen molar-refractivity contribution in [2.45, 2.75) is 26.3 Å². The minimum atomic E-state index is 0.442. The van der Waals surface area contributed by atoms with Gasteiger partial charge in [-0.05, 0) is 26.0 Å². The van der Waals surface area contributed by atoms with E-state index in [9.17, 15) is 0 Å². The summed E-state index contributed by atoms with van der Waals surface area (Å²) in [6.07, 6.45) is 1.01. The van der Waals surface area contributed by atoms with Crippen molar-refractivity contribution in [1.82, 2.24) is 10.3 Å². The first-order valence-corrected chi connectivity index (χ1v) is 7.18. The second kappa shape index (κ2) is 5.57. The third kappa shape index (κ3) is 3.14. The molecule has 0 aliphatic rings. The van der Waals surface area contributed by atoms with Crippen LogP contribution in [0.15, 0.2) is 23.0 Å². The molecule has 2 aromatic rings. The molecular formula is C12H16N2S2. The first kappa shape index (κ1) is 11.8. The van der Waals surface area contributed by atoms with E-state index in [0.717, 1.165) is 13.0 Å². The van der Waals surface area contributed by atoms with E-state index in [4.69, 9.17) is 0 Å². The van der Waals surface area contributed by atoms with Crippen molar-refractivity contribution in [2.24, 2.45) is 0 Å². The van der Waals surface area contributed by atoms with Gasteiger partial charge in [-0.3, -0.25) is 0 Å². The van der Waals surface area contributed by atoms with Crippen molar-refractivity contribution in [1.29, 1.82) is 0 Å². The molecule has 0 aliphatic carbocycles. The number of nitrogens with zero attached hydrogens (tertiary/aromatic N) is 1. The summed E-state index contributed by atoms with van der Waals surface area (Å²) in [6.45, 7) is 5.35. The smallest absolute Gasteiger partial charge is 0.0794 e. The molecule has 2 nitrogen and oxygen atoms in total. The fourth-order valence-corrected chi connectivity index (χ4v) is 3.06. The van der Waals surface area contributed by atoms with Crippen molar-refractivity contribution in [3.63, 3.8) is 0 Å². The van der Waals surface area contributed by atoms with Crippen LogP contribution in [0, 0.1) is 6.92 Å². The topological polar surface area (TPSA) is 24.9 Å². The number of hydrogen-bond donors (Lipinski definition) is 1. The van der Waals surface area contributed by atoms with Gasteiger partial charge in [0.15, 0.2) is 0 Å². The van der Waals surface area contributed by atoms with Crippen molar-refractivity contribution in [3.05, 3.63) is 38.5 Å². The van der Waals surface area contributed by atoms with Gasteiger partial charge in [-0.2, -0.15) is 0 Å². The lowest BCUT2D eigenvalue weighted by atomic mass is 10.2. The fourth-order valence-electron chi connectivity index (χ4n) is 1.56. The van der Waals surface area contributed by atoms with Crippen molar-refractivity contribution in [2.75, 3.05) is 6.54 Å². The van der Waals surface area contributed by atoms with Gasteiger partial charge in [0.1, 0.15) is 0 Å². The van der Waals surface area contributed by atoms with Crippen LogP contribution in [0.2, 0.25) is 0 Å². The molecule has 0 bridgehead atoms. The number of aryl methyl sites for hydroxylation is 1. The van der Waals surface area contributed by atoms with E-state index in [1.54, 1.807) is 11.3 Å². The summed E-state index contributed by atoms with van der Waals surface area (Å²) < 4.78 is 0. The second-order valence-electron chi connectivity index (χ2n) is 3.85. The molecule has 4 heteroatoms. The van der Waals surface area contributed by atoms with Crippen molar-refractivity contribution < 1.29 is 0 Å². The monoisotopic (exact) mass is 252 g/mol. The number of thiophene rings is 1. The number of hydrogen-bond acceptors (Lipinski definition) is 4. The van der Waals surface area contributed by atoms with Crippen LogP contribution in [0.5, 0.6) is 0 Å². The molecule has 16 heavy (non-hydrogen) atoms. The SMILES string of the molecule is Cc1ccc(C(C)NCCc2cscn2)s1. The number of thiazole rings is 1. The number of nitrogens with one attached hydrogen (secondary N) is 1. The van der Waals surface area contributed by atoms with E-state index < -0.39 is 0 Å². The molecule has 1 atom stereocenters. The van der Waals surface area contributed by atoms with Gasteiger partial charge < -0.3 is 5.32 Å². The maximum absolute atomic E-state index is 4.27. The lowest BCUT2D eigenvalue weighted by Crippen LogP contribution is -2.20. The highest BCUT2D eigenvalue weighted by molar-refractivity contribution is 7.12. The maximum Gasteiger partial charge on any atom is 0.0794 e. The zero-order valence-electron chi connectivity index (χ0n) is 9.56. The molecule has 0 fully saturated rings. The summed E-state index contributed by atoms with van der Waals surface area (Å²) >= 11 is 3.53. The van der Waals surface area contributed by atoms with Crippen LogP contribution in [0.25, 0.3) is 0 Å². The third-order valence-corrected chi connectivity index (χ3v) is 4.32. The minimum Gasteiger partial charge on any atom is -0.309 e. The van der Waals surface area contributed by atoms with Crippen LogP contribution in [0.4, 0.5) is 0 Å². The van der Waals surface area contributed by atoms with Crippen LogP contribution < -0.4 is 5.32 Å². The van der Waals surface area contributed by atoms with Crippen molar-refractivity contribution in [3.8, 4) is 0 Å². The van der Waals surface area contributed by atoms with Crippen LogP contribution in [-0.4, -0.2) is 11.5 Å². The lowest BCUT2D eigenvalue weighted by Gasteiger charge is -2.11. The Bertz CT molecular complexity index is 420. The minimum absolute atomic E-state index is 0.442. The summed E-state index contributed by atoms with van der Waals surface area (Å²) in [4.78, 5) is 7.06. The van der Waals surface area contributed by atoms with Gasteiger partial charge in [-0.15, -0.1) is 22.7 Å². The largest absolute Gasteiger partial charge is 0.309 e. The molecule has 2 aromatic heterocycles. The standard InChI is InChI=1S/C12H16N2S2/c1-9-3-4-12(16-9)10(2)13-6-5-11-7-15-8-14-11/h3-4,7-8,10,13H,5-6H2,1-2H3. The quantitative estimate of drug-likeness (QED) is 0.882. The first-order chi connectivity index (χ1) is 7.75. The summed E-state index contributed by atoms with van der Waals surface area (Å²) in [5.41, 5.74) is 3.08. The fraction of sp³-hybridized carbons (Fsp3) is 0.417. The molecule has 86 valence electrons. The molecule has 0 aromatic carbocycles. The van der Waals surface area contributed by atoms with Crippen LogP contribution in [0.3, 0.4) is 0 Å². The molecule has 0 aliphatic heterocycles. The zero-order chi connectivity index (χ0) is 11.4. The van der Waals surface area contributed by atoms with Gasteiger partial charge in [0.2, 0.25) is 0 Å². The van der Waals surface area contributed by atoms with E-state index in [1.807, 2.05) is 16.8 Å². The lowest BCUT2D eigenvalue weighted by molar-refractivity contribution is 0.582. The number of aromatic nitrogens is 1. The Hall–Kier alpha value is -0.710. The zero-order valence-corrected chi connectivity index (χ0v) is 11.2. The Morgan fingerprint density at radius 3 is 2.94 bits per heavy atom. The molecule has 0 radical (unpaired) electrons. The third-order valence-electron chi connectivity index (χ3n) is 2.50. The Balaban J connectivity index is 1.78. The van der Waals surface area contributed by atoms with E-state index in [0.29, 0.717) is 6.04 Å². The highest BCUT2D eigenvalue weighted by atomic mass is 32.1. The second-order valence-corrected chi connectivity index (χ2v) is 5.89. The molecule has 0 saturated heterocycles. The van der Waals surface area contributed by atoms with Crippen LogP contribution in [-0.2, 0) is 6.42 Å². The highest BCUT2D eigenvalue weighted by Gasteiger charge is 2.06. The van der Waals surface area contributed by atoms with Crippen LogP contribution >= 0.6 is 22.7 Å². The summed E-state index contributed by atoms with van der Waals surface area (Å²) in [5, 5.41) is 5.64. The first-order valence-electron chi connectivity index (χ1n) is 5.42. The average Bonchev–Trinajstić information content (AvgIpc) is 2.89. The summed E-state index contributed by atoms with van der Waals surface area (Å²) in [6, 6.07) is 4.83. The summed E-state index contributed by atoms with van der Waals surface area (Å²) in [5.74, 6) is 0. The normalized spacial score (nSPS) is 12.9. The van der Waals surface area contributed by atoms with Crippen LogP contribution in [0.1, 0.15) is 28.4 Å². The molecular weight excluding hydrogens is 236 g/mol. The van der Waals surface area contributed by atoms with E-state index in [-0.39, 0.29) is 0 Å². The predicted molar refractivity (Wildman–Crippen MR) is 71.3 cm³/mol. The van der Waals surface area contributed by atoms with Gasteiger partial charge in [-0.1, -0.05) is 0 Å². The Morgan fingerprint density at radius 2 is 2.31 bits per heavy atom. The molecule has 1 N–H and O–H groups in total. The molecule has 0 amide bonds. The molecule has 2 heterocycles. The number of rotatable bonds is 5. The Kier molecular flexibility index (Phi) is 4.09. The molecule has 0 spiro atoms. The molecule has 2 rings (SSSR count). The van der Waals surface area contributed by atoms with Gasteiger partial charge >= 0.3 is 0 Å². The highest BCUT2D eigenvalue weighted by Crippen LogP contribution is 2.22. The Labute approximate surface area is 104 Å². The van der Waals surface area contributed by atoms with Gasteiger partial charge in [-0.25, -0.2) is 4.98 Å². The average molecular weight is 252 g/mol. The van der Waals surface area contributed by atoms with E-state index >= 15 is 0 Å². The van der Waals surface area contributed by atoms with Crippen molar-refractivity contribution >= 4 is 22.7 Å². The molecule has 1 unspecified atom stereocenters.